The maximum absolute atomic E-state index is 11.1. The zero-order chi connectivity index (χ0) is 23.8. The van der Waals surface area contributed by atoms with E-state index in [2.05, 4.69) is 41.5 Å². The lowest BCUT2D eigenvalue weighted by Gasteiger charge is -2.30. The molecule has 0 aliphatic carbocycles. The number of ether oxygens (including phenoxy) is 2. The first-order valence-electron chi connectivity index (χ1n) is 10.8. The SMILES string of the molecule is CCCc1ccc(-c2cn(C/C=C/C[P+](O)(OC(C)(C)OC)OC(C)(C)OC)nn2)cc1. The summed E-state index contributed by atoms with van der Waals surface area (Å²) in [5.41, 5.74) is 3.17. The lowest BCUT2D eigenvalue weighted by Crippen LogP contribution is -2.33. The fourth-order valence-corrected chi connectivity index (χ4v) is 5.02. The molecule has 0 saturated heterocycles. The Morgan fingerprint density at radius 2 is 1.59 bits per heavy atom. The number of rotatable bonds is 13. The first-order chi connectivity index (χ1) is 15.0. The normalized spacial score (nSPS) is 13.2. The zero-order valence-electron chi connectivity index (χ0n) is 20.2. The molecule has 0 radical (unpaired) electrons. The summed E-state index contributed by atoms with van der Waals surface area (Å²) < 4.78 is 24.0. The molecular formula is C23H37N3O5P+. The van der Waals surface area contributed by atoms with E-state index in [1.54, 1.807) is 32.4 Å². The summed E-state index contributed by atoms with van der Waals surface area (Å²) in [4.78, 5) is 11.1. The maximum atomic E-state index is 11.1. The number of allylic oxidation sites excluding steroid dienone is 2. The monoisotopic (exact) mass is 466 g/mol. The van der Waals surface area contributed by atoms with E-state index in [9.17, 15) is 4.89 Å². The van der Waals surface area contributed by atoms with Gasteiger partial charge >= 0.3 is 7.94 Å². The van der Waals surface area contributed by atoms with Gasteiger partial charge in [-0.2, -0.15) is 4.89 Å². The molecule has 0 aliphatic rings. The molecule has 2 aromatic rings. The lowest BCUT2D eigenvalue weighted by molar-refractivity contribution is -0.180. The Hall–Kier alpha value is -1.67. The summed E-state index contributed by atoms with van der Waals surface area (Å²) in [5, 5.41) is 8.45. The van der Waals surface area contributed by atoms with Gasteiger partial charge in [0, 0.05) is 19.8 Å². The molecule has 0 aliphatic heterocycles. The van der Waals surface area contributed by atoms with E-state index in [1.165, 1.54) is 19.8 Å². The van der Waals surface area contributed by atoms with Crippen molar-refractivity contribution >= 4 is 7.94 Å². The Labute approximate surface area is 192 Å². The second kappa shape index (κ2) is 11.5. The fourth-order valence-electron chi connectivity index (χ4n) is 2.90. The molecule has 0 fully saturated rings. The number of hydrogen-bond donors (Lipinski definition) is 1. The predicted molar refractivity (Wildman–Crippen MR) is 127 cm³/mol. The van der Waals surface area contributed by atoms with E-state index in [0.29, 0.717) is 6.54 Å². The van der Waals surface area contributed by atoms with Crippen molar-refractivity contribution in [3.63, 3.8) is 0 Å². The van der Waals surface area contributed by atoms with E-state index >= 15 is 0 Å². The number of aryl methyl sites for hydroxylation is 1. The van der Waals surface area contributed by atoms with Crippen LogP contribution in [0.1, 0.15) is 46.6 Å². The van der Waals surface area contributed by atoms with Gasteiger partial charge in [0.2, 0.25) is 11.6 Å². The van der Waals surface area contributed by atoms with Crippen LogP contribution in [-0.4, -0.2) is 51.8 Å². The number of methoxy groups -OCH3 is 2. The van der Waals surface area contributed by atoms with E-state index in [4.69, 9.17) is 18.5 Å². The maximum Gasteiger partial charge on any atom is 0.418 e. The lowest BCUT2D eigenvalue weighted by atomic mass is 10.1. The van der Waals surface area contributed by atoms with Gasteiger partial charge < -0.3 is 9.47 Å². The Balaban J connectivity index is 2.02. The molecule has 0 bridgehead atoms. The molecule has 1 aromatic heterocycles. The zero-order valence-corrected chi connectivity index (χ0v) is 21.1. The predicted octanol–water partition coefficient (Wildman–Crippen LogP) is 5.01. The quantitative estimate of drug-likeness (QED) is 0.252. The van der Waals surface area contributed by atoms with Gasteiger partial charge in [0.15, 0.2) is 6.16 Å². The van der Waals surface area contributed by atoms with Crippen LogP contribution in [0.2, 0.25) is 0 Å². The van der Waals surface area contributed by atoms with Crippen molar-refractivity contribution in [2.24, 2.45) is 0 Å². The number of aromatic nitrogens is 3. The van der Waals surface area contributed by atoms with Crippen molar-refractivity contribution in [1.29, 1.82) is 0 Å². The highest BCUT2D eigenvalue weighted by Crippen LogP contribution is 2.62. The van der Waals surface area contributed by atoms with Crippen molar-refractivity contribution in [2.45, 2.75) is 65.6 Å². The molecule has 0 atom stereocenters. The van der Waals surface area contributed by atoms with Crippen molar-refractivity contribution in [1.82, 2.24) is 15.0 Å². The molecule has 0 saturated carbocycles. The molecule has 1 N–H and O–H groups in total. The topological polar surface area (TPSA) is 87.9 Å². The van der Waals surface area contributed by atoms with Crippen LogP contribution in [0.25, 0.3) is 11.3 Å². The number of hydrogen-bond acceptors (Lipinski definition) is 7. The van der Waals surface area contributed by atoms with Crippen LogP contribution < -0.4 is 0 Å². The van der Waals surface area contributed by atoms with Crippen molar-refractivity contribution < 1.29 is 23.4 Å². The minimum atomic E-state index is -3.30. The Bertz CT molecular complexity index is 847. The van der Waals surface area contributed by atoms with Gasteiger partial charge in [0.1, 0.15) is 5.69 Å². The molecule has 1 heterocycles. The molecule has 0 unspecified atom stereocenters. The second-order valence-corrected chi connectivity index (χ2v) is 10.5. The Morgan fingerprint density at radius 1 is 1.00 bits per heavy atom. The van der Waals surface area contributed by atoms with Crippen LogP contribution in [-0.2, 0) is 31.5 Å². The highest BCUT2D eigenvalue weighted by atomic mass is 31.2. The van der Waals surface area contributed by atoms with Gasteiger partial charge in [-0.3, -0.25) is 0 Å². The van der Waals surface area contributed by atoms with Gasteiger partial charge in [-0.25, -0.2) is 4.68 Å². The van der Waals surface area contributed by atoms with Crippen LogP contribution in [0, 0.1) is 0 Å². The molecule has 0 spiro atoms. The van der Waals surface area contributed by atoms with E-state index in [-0.39, 0.29) is 6.16 Å². The summed E-state index contributed by atoms with van der Waals surface area (Å²) in [5.74, 6) is -2.01. The van der Waals surface area contributed by atoms with Crippen LogP contribution in [0.5, 0.6) is 0 Å². The largest absolute Gasteiger partial charge is 0.418 e. The molecule has 0 amide bonds. The van der Waals surface area contributed by atoms with E-state index < -0.39 is 19.5 Å². The highest BCUT2D eigenvalue weighted by molar-refractivity contribution is 7.60. The van der Waals surface area contributed by atoms with Gasteiger partial charge in [0.05, 0.1) is 12.7 Å². The standard InChI is InChI=1S/C23H37N3O5P/c1-8-11-19-12-14-20(15-13-19)21-18-26(25-24-21)16-9-10-17-32(27,30-22(2,3)28-6)31-23(4,5)29-7/h9-10,12-15,18,27H,8,11,16-17H2,1-7H3/q+1/b10-9+. The Morgan fingerprint density at radius 3 is 2.12 bits per heavy atom. The van der Waals surface area contributed by atoms with Crippen molar-refractivity contribution in [3.05, 3.63) is 48.2 Å². The molecule has 8 nitrogen and oxygen atoms in total. The summed E-state index contributed by atoms with van der Waals surface area (Å²) >= 11 is 0. The third-order valence-corrected chi connectivity index (χ3v) is 6.95. The van der Waals surface area contributed by atoms with Crippen LogP contribution in [0.15, 0.2) is 42.6 Å². The smallest absolute Gasteiger partial charge is 0.350 e. The van der Waals surface area contributed by atoms with E-state index in [0.717, 1.165) is 24.1 Å². The molecule has 1 aromatic carbocycles. The molecule has 32 heavy (non-hydrogen) atoms. The summed E-state index contributed by atoms with van der Waals surface area (Å²) in [7, 11) is -0.272. The minimum absolute atomic E-state index is 0.174. The third kappa shape index (κ3) is 8.35. The highest BCUT2D eigenvalue weighted by Gasteiger charge is 2.50. The fraction of sp³-hybridized carbons (Fsp3) is 0.565. The average Bonchev–Trinajstić information content (AvgIpc) is 3.20. The van der Waals surface area contributed by atoms with Crippen LogP contribution in [0.3, 0.4) is 0 Å². The van der Waals surface area contributed by atoms with Gasteiger partial charge in [0.25, 0.3) is 0 Å². The van der Waals surface area contributed by atoms with E-state index in [1.807, 2.05) is 18.3 Å². The number of nitrogens with zero attached hydrogens (tertiary/aromatic N) is 3. The van der Waals surface area contributed by atoms with Crippen molar-refractivity contribution in [3.8, 4) is 11.3 Å². The van der Waals surface area contributed by atoms with Crippen LogP contribution >= 0.6 is 7.94 Å². The summed E-state index contributed by atoms with van der Waals surface area (Å²) in [6, 6.07) is 8.41. The Kier molecular flexibility index (Phi) is 9.52. The first-order valence-corrected chi connectivity index (χ1v) is 12.5. The molecular weight excluding hydrogens is 429 g/mol. The third-order valence-electron chi connectivity index (χ3n) is 4.83. The van der Waals surface area contributed by atoms with Crippen LogP contribution in [0.4, 0.5) is 0 Å². The van der Waals surface area contributed by atoms with Gasteiger partial charge in [-0.1, -0.05) is 48.9 Å². The summed E-state index contributed by atoms with van der Waals surface area (Å²) in [6.45, 7) is 9.55. The van der Waals surface area contributed by atoms with Crippen molar-refractivity contribution in [2.75, 3.05) is 20.4 Å². The second-order valence-electron chi connectivity index (χ2n) is 8.45. The molecule has 178 valence electrons. The molecule has 9 heteroatoms. The number of benzene rings is 1. The first kappa shape index (κ1) is 26.6. The van der Waals surface area contributed by atoms with Gasteiger partial charge in [-0.15, -0.1) is 14.1 Å². The average molecular weight is 467 g/mol. The molecule has 2 rings (SSSR count). The summed E-state index contributed by atoms with van der Waals surface area (Å²) in [6.07, 6.45) is 7.97. The van der Waals surface area contributed by atoms with Gasteiger partial charge in [-0.05, 0) is 45.8 Å². The minimum Gasteiger partial charge on any atom is -0.350 e.